The van der Waals surface area contributed by atoms with Crippen LogP contribution in [0.15, 0.2) is 42.5 Å². The Balaban J connectivity index is 2.04. The molecule has 29 heavy (non-hydrogen) atoms. The largest absolute Gasteiger partial charge is 0.449 e. The summed E-state index contributed by atoms with van der Waals surface area (Å²) in [4.78, 5) is 35.3. The summed E-state index contributed by atoms with van der Waals surface area (Å²) in [6, 6.07) is 11.1. The second kappa shape index (κ2) is 10.2. The van der Waals surface area contributed by atoms with Gasteiger partial charge in [-0.15, -0.1) is 0 Å². The van der Waals surface area contributed by atoms with Crippen molar-refractivity contribution in [1.82, 2.24) is 0 Å². The van der Waals surface area contributed by atoms with Gasteiger partial charge in [-0.2, -0.15) is 0 Å². The van der Waals surface area contributed by atoms with Crippen molar-refractivity contribution in [3.05, 3.63) is 63.7 Å². The molecule has 0 bridgehead atoms. The summed E-state index contributed by atoms with van der Waals surface area (Å²) < 4.78 is 10.0. The van der Waals surface area contributed by atoms with Crippen LogP contribution in [-0.4, -0.2) is 43.2 Å². The topological polar surface area (TPSA) is 120 Å². The van der Waals surface area contributed by atoms with E-state index < -0.39 is 22.9 Å². The number of benzene rings is 2. The van der Waals surface area contributed by atoms with E-state index in [4.69, 9.17) is 9.47 Å². The van der Waals surface area contributed by atoms with Gasteiger partial charge in [-0.25, -0.2) is 4.79 Å². The normalized spacial score (nSPS) is 11.4. The molecule has 154 valence electrons. The maximum absolute atomic E-state index is 12.3. The smallest absolute Gasteiger partial charge is 0.339 e. The number of nitrogens with zero attached hydrogens (tertiary/aromatic N) is 1. The number of aryl methyl sites for hydroxylation is 1. The van der Waals surface area contributed by atoms with Crippen molar-refractivity contribution in [1.29, 1.82) is 0 Å². The van der Waals surface area contributed by atoms with E-state index in [2.05, 4.69) is 10.6 Å². The number of nitro groups is 1. The van der Waals surface area contributed by atoms with Crippen LogP contribution in [0.4, 0.5) is 17.1 Å². The number of amides is 1. The van der Waals surface area contributed by atoms with Gasteiger partial charge in [-0.1, -0.05) is 17.7 Å². The number of esters is 1. The lowest BCUT2D eigenvalue weighted by Gasteiger charge is -2.14. The number of nitrogens with one attached hydrogen (secondary N) is 2. The molecule has 0 aliphatic rings. The minimum Gasteiger partial charge on any atom is -0.449 e. The van der Waals surface area contributed by atoms with Crippen molar-refractivity contribution in [2.45, 2.75) is 20.0 Å². The molecule has 1 amide bonds. The van der Waals surface area contributed by atoms with E-state index in [0.717, 1.165) is 11.6 Å². The lowest BCUT2D eigenvalue weighted by atomic mass is 10.1. The molecule has 0 radical (unpaired) electrons. The van der Waals surface area contributed by atoms with Crippen LogP contribution in [0.25, 0.3) is 0 Å². The van der Waals surface area contributed by atoms with Crippen LogP contribution in [0.1, 0.15) is 22.8 Å². The zero-order valence-electron chi connectivity index (χ0n) is 16.4. The average Bonchev–Trinajstić information content (AvgIpc) is 2.69. The van der Waals surface area contributed by atoms with Gasteiger partial charge in [0.15, 0.2) is 6.10 Å². The molecule has 0 spiro atoms. The van der Waals surface area contributed by atoms with Crippen LogP contribution in [0.3, 0.4) is 0 Å². The van der Waals surface area contributed by atoms with E-state index >= 15 is 0 Å². The van der Waals surface area contributed by atoms with Crippen LogP contribution in [-0.2, 0) is 14.3 Å². The summed E-state index contributed by atoms with van der Waals surface area (Å²) in [7, 11) is 1.52. The molecule has 0 unspecified atom stereocenters. The van der Waals surface area contributed by atoms with E-state index in [1.54, 1.807) is 12.1 Å². The summed E-state index contributed by atoms with van der Waals surface area (Å²) in [5.74, 6) is -1.34. The van der Waals surface area contributed by atoms with Crippen LogP contribution in [0.5, 0.6) is 0 Å². The van der Waals surface area contributed by atoms with E-state index in [0.29, 0.717) is 18.8 Å². The predicted octanol–water partition coefficient (Wildman–Crippen LogP) is 3.15. The number of carbonyl (C=O) groups excluding carboxylic acids is 2. The molecule has 2 aromatic rings. The van der Waals surface area contributed by atoms with E-state index in [-0.39, 0.29) is 16.9 Å². The van der Waals surface area contributed by atoms with Crippen LogP contribution in [0, 0.1) is 17.0 Å². The zero-order chi connectivity index (χ0) is 21.4. The van der Waals surface area contributed by atoms with Crippen molar-refractivity contribution in [3.63, 3.8) is 0 Å². The molecular formula is C20H23N3O6. The fourth-order valence-electron chi connectivity index (χ4n) is 2.41. The Bertz CT molecular complexity index is 882. The Kier molecular flexibility index (Phi) is 7.67. The summed E-state index contributed by atoms with van der Waals surface area (Å²) in [6.07, 6.45) is -1.08. The minimum atomic E-state index is -1.08. The summed E-state index contributed by atoms with van der Waals surface area (Å²) in [5.41, 5.74) is 1.58. The molecule has 0 saturated heterocycles. The first-order valence-electron chi connectivity index (χ1n) is 8.91. The van der Waals surface area contributed by atoms with E-state index in [1.165, 1.54) is 26.2 Å². The molecule has 0 aromatic heterocycles. The van der Waals surface area contributed by atoms with Crippen LogP contribution in [0.2, 0.25) is 0 Å². The van der Waals surface area contributed by atoms with Crippen molar-refractivity contribution < 1.29 is 24.0 Å². The van der Waals surface area contributed by atoms with Crippen molar-refractivity contribution >= 4 is 28.9 Å². The molecule has 0 heterocycles. The van der Waals surface area contributed by atoms with Crippen LogP contribution < -0.4 is 10.6 Å². The Morgan fingerprint density at radius 1 is 1.17 bits per heavy atom. The molecule has 9 nitrogen and oxygen atoms in total. The number of ether oxygens (including phenoxy) is 2. The third kappa shape index (κ3) is 6.28. The molecular weight excluding hydrogens is 378 g/mol. The number of methoxy groups -OCH3 is 1. The SMILES string of the molecule is COCCNc1ccc(C(=O)O[C@@H](C)C(=O)Nc2ccc(C)cc2)cc1[N+](=O)[O-]. The Morgan fingerprint density at radius 3 is 2.48 bits per heavy atom. The molecule has 0 aliphatic carbocycles. The number of hydrogen-bond acceptors (Lipinski definition) is 7. The molecule has 9 heteroatoms. The van der Waals surface area contributed by atoms with Crippen molar-refractivity contribution in [2.24, 2.45) is 0 Å². The van der Waals surface area contributed by atoms with Crippen molar-refractivity contribution in [3.8, 4) is 0 Å². The first kappa shape index (κ1) is 21.8. The maximum Gasteiger partial charge on any atom is 0.339 e. The third-order valence-corrected chi connectivity index (χ3v) is 4.02. The van der Waals surface area contributed by atoms with Gasteiger partial charge in [0, 0.05) is 25.4 Å². The predicted molar refractivity (Wildman–Crippen MR) is 108 cm³/mol. The van der Waals surface area contributed by atoms with Gasteiger partial charge >= 0.3 is 5.97 Å². The highest BCUT2D eigenvalue weighted by atomic mass is 16.6. The molecule has 1 atom stereocenters. The number of rotatable bonds is 9. The fourth-order valence-corrected chi connectivity index (χ4v) is 2.41. The lowest BCUT2D eigenvalue weighted by molar-refractivity contribution is -0.384. The van der Waals surface area contributed by atoms with Gasteiger partial charge in [0.05, 0.1) is 17.1 Å². The highest BCUT2D eigenvalue weighted by Gasteiger charge is 2.22. The van der Waals surface area contributed by atoms with Gasteiger partial charge in [-0.05, 0) is 38.1 Å². The molecule has 0 aliphatic heterocycles. The molecule has 2 aromatic carbocycles. The van der Waals surface area contributed by atoms with Gasteiger partial charge in [0.2, 0.25) is 0 Å². The Morgan fingerprint density at radius 2 is 1.86 bits per heavy atom. The number of hydrogen-bond donors (Lipinski definition) is 2. The quantitative estimate of drug-likeness (QED) is 0.287. The summed E-state index contributed by atoms with van der Waals surface area (Å²) in [6.45, 7) is 4.09. The Hall–Kier alpha value is -3.46. The van der Waals surface area contributed by atoms with Gasteiger partial charge in [0.25, 0.3) is 11.6 Å². The van der Waals surface area contributed by atoms with Gasteiger partial charge in [0.1, 0.15) is 5.69 Å². The van der Waals surface area contributed by atoms with E-state index in [1.807, 2.05) is 19.1 Å². The summed E-state index contributed by atoms with van der Waals surface area (Å²) in [5, 5.41) is 16.8. The second-order valence-corrected chi connectivity index (χ2v) is 6.31. The Labute approximate surface area is 168 Å². The molecule has 2 rings (SSSR count). The van der Waals surface area contributed by atoms with Crippen LogP contribution >= 0.6 is 0 Å². The monoisotopic (exact) mass is 401 g/mol. The first-order chi connectivity index (χ1) is 13.8. The lowest BCUT2D eigenvalue weighted by Crippen LogP contribution is -2.30. The second-order valence-electron chi connectivity index (χ2n) is 6.31. The third-order valence-electron chi connectivity index (χ3n) is 4.02. The number of anilines is 2. The van der Waals surface area contributed by atoms with Crippen molar-refractivity contribution in [2.75, 3.05) is 30.9 Å². The van der Waals surface area contributed by atoms with Gasteiger partial charge in [-0.3, -0.25) is 14.9 Å². The molecule has 0 fully saturated rings. The minimum absolute atomic E-state index is 0.0241. The zero-order valence-corrected chi connectivity index (χ0v) is 16.4. The summed E-state index contributed by atoms with van der Waals surface area (Å²) >= 11 is 0. The van der Waals surface area contributed by atoms with E-state index in [9.17, 15) is 19.7 Å². The highest BCUT2D eigenvalue weighted by Crippen LogP contribution is 2.26. The van der Waals surface area contributed by atoms with Gasteiger partial charge < -0.3 is 20.1 Å². The number of nitro benzene ring substituents is 1. The maximum atomic E-state index is 12.3. The fraction of sp³-hybridized carbons (Fsp3) is 0.300. The first-order valence-corrected chi connectivity index (χ1v) is 8.91. The molecule has 2 N–H and O–H groups in total. The number of carbonyl (C=O) groups is 2. The standard InChI is InChI=1S/C20H23N3O6/c1-13-4-7-16(8-5-13)22-19(24)14(2)29-20(25)15-6-9-17(21-10-11-28-3)18(12-15)23(26)27/h4-9,12,14,21H,10-11H2,1-3H3,(H,22,24)/t14-/m0/s1. The molecule has 0 saturated carbocycles. The average molecular weight is 401 g/mol. The highest BCUT2D eigenvalue weighted by molar-refractivity contribution is 5.97.